The second kappa shape index (κ2) is 4.15. The maximum absolute atomic E-state index is 5.84. The molecule has 0 fully saturated rings. The van der Waals surface area contributed by atoms with Crippen LogP contribution < -0.4 is 5.32 Å². The number of nitrogens with one attached hydrogen (secondary N) is 1. The molecule has 0 aliphatic carbocycles. The molecular formula is C10H9ClN2O. The fraction of sp³-hybridized carbons (Fsp3) is 0.100. The Kier molecular flexibility index (Phi) is 2.70. The normalized spacial score (nSPS) is 10.1. The third-order valence-corrected chi connectivity index (χ3v) is 2.00. The lowest BCUT2D eigenvalue weighted by Gasteiger charge is -2.01. The molecule has 1 N–H and O–H groups in total. The van der Waals surface area contributed by atoms with Gasteiger partial charge in [0.2, 0.25) is 0 Å². The Bertz CT molecular complexity index is 400. The van der Waals surface area contributed by atoms with Crippen LogP contribution in [-0.4, -0.2) is 4.98 Å². The monoisotopic (exact) mass is 208 g/mol. The fourth-order valence-corrected chi connectivity index (χ4v) is 1.35. The number of hydrogen-bond donors (Lipinski definition) is 1. The summed E-state index contributed by atoms with van der Waals surface area (Å²) >= 11 is 5.84. The van der Waals surface area contributed by atoms with Crippen molar-refractivity contribution in [2.45, 2.75) is 6.54 Å². The summed E-state index contributed by atoms with van der Waals surface area (Å²) in [5.74, 6) is 0. The van der Waals surface area contributed by atoms with Gasteiger partial charge in [0.1, 0.15) is 6.26 Å². The van der Waals surface area contributed by atoms with Gasteiger partial charge in [-0.05, 0) is 17.7 Å². The van der Waals surface area contributed by atoms with Gasteiger partial charge >= 0.3 is 0 Å². The Hall–Kier alpha value is -1.48. The highest BCUT2D eigenvalue weighted by atomic mass is 35.5. The van der Waals surface area contributed by atoms with Crippen LogP contribution in [0.3, 0.4) is 0 Å². The Morgan fingerprint density at radius 3 is 3.07 bits per heavy atom. The molecule has 4 heteroatoms. The molecular weight excluding hydrogens is 200 g/mol. The van der Waals surface area contributed by atoms with Gasteiger partial charge < -0.3 is 9.73 Å². The SMILES string of the molecule is Clc1cccc(CNc2ncco2)c1. The molecule has 0 spiro atoms. The van der Waals surface area contributed by atoms with Gasteiger partial charge in [-0.1, -0.05) is 23.7 Å². The molecule has 0 amide bonds. The van der Waals surface area contributed by atoms with Gasteiger partial charge in [-0.2, -0.15) is 0 Å². The van der Waals surface area contributed by atoms with Gasteiger partial charge in [-0.3, -0.25) is 0 Å². The number of nitrogens with zero attached hydrogens (tertiary/aromatic N) is 1. The highest BCUT2D eigenvalue weighted by molar-refractivity contribution is 6.30. The first kappa shape index (κ1) is 9.09. The molecule has 2 aromatic rings. The van der Waals surface area contributed by atoms with Crippen molar-refractivity contribution in [2.24, 2.45) is 0 Å². The number of hydrogen-bond acceptors (Lipinski definition) is 3. The lowest BCUT2D eigenvalue weighted by atomic mass is 10.2. The Morgan fingerprint density at radius 1 is 1.43 bits per heavy atom. The number of aromatic nitrogens is 1. The van der Waals surface area contributed by atoms with E-state index in [4.69, 9.17) is 16.0 Å². The molecule has 0 unspecified atom stereocenters. The van der Waals surface area contributed by atoms with Crippen LogP contribution in [0.1, 0.15) is 5.56 Å². The maximum Gasteiger partial charge on any atom is 0.294 e. The van der Waals surface area contributed by atoms with Gasteiger partial charge in [0.15, 0.2) is 0 Å². The zero-order chi connectivity index (χ0) is 9.80. The van der Waals surface area contributed by atoms with E-state index >= 15 is 0 Å². The van der Waals surface area contributed by atoms with E-state index in [2.05, 4.69) is 10.3 Å². The van der Waals surface area contributed by atoms with Crippen LogP contribution in [0.5, 0.6) is 0 Å². The Balaban J connectivity index is 1.98. The first-order valence-electron chi connectivity index (χ1n) is 4.22. The van der Waals surface area contributed by atoms with Crippen LogP contribution in [0.2, 0.25) is 5.02 Å². The number of benzene rings is 1. The van der Waals surface area contributed by atoms with Crippen LogP contribution in [0.25, 0.3) is 0 Å². The summed E-state index contributed by atoms with van der Waals surface area (Å²) in [5.41, 5.74) is 1.09. The predicted molar refractivity (Wildman–Crippen MR) is 55.3 cm³/mol. The van der Waals surface area contributed by atoms with Crippen molar-refractivity contribution in [1.29, 1.82) is 0 Å². The summed E-state index contributed by atoms with van der Waals surface area (Å²) in [5, 5.41) is 3.76. The van der Waals surface area contributed by atoms with E-state index in [1.165, 1.54) is 6.26 Å². The topological polar surface area (TPSA) is 38.1 Å². The molecule has 0 atom stereocenters. The molecule has 3 nitrogen and oxygen atoms in total. The van der Waals surface area contributed by atoms with E-state index in [0.717, 1.165) is 10.6 Å². The third-order valence-electron chi connectivity index (χ3n) is 1.77. The summed E-state index contributed by atoms with van der Waals surface area (Å²) in [6.45, 7) is 0.654. The average Bonchev–Trinajstić information content (AvgIpc) is 2.67. The van der Waals surface area contributed by atoms with Crippen molar-refractivity contribution in [3.8, 4) is 0 Å². The van der Waals surface area contributed by atoms with Gasteiger partial charge in [0, 0.05) is 11.6 Å². The van der Waals surface area contributed by atoms with E-state index < -0.39 is 0 Å². The number of anilines is 1. The Labute approximate surface area is 86.7 Å². The van der Waals surface area contributed by atoms with Crippen LogP contribution in [-0.2, 0) is 6.54 Å². The van der Waals surface area contributed by atoms with Gasteiger partial charge in [0.05, 0.1) is 6.20 Å². The van der Waals surface area contributed by atoms with Crippen molar-refractivity contribution in [1.82, 2.24) is 4.98 Å². The van der Waals surface area contributed by atoms with Crippen molar-refractivity contribution in [3.63, 3.8) is 0 Å². The van der Waals surface area contributed by atoms with Gasteiger partial charge in [-0.15, -0.1) is 0 Å². The van der Waals surface area contributed by atoms with Crippen molar-refractivity contribution in [3.05, 3.63) is 47.3 Å². The molecule has 0 bridgehead atoms. The highest BCUT2D eigenvalue weighted by Crippen LogP contribution is 2.12. The highest BCUT2D eigenvalue weighted by Gasteiger charge is 1.97. The van der Waals surface area contributed by atoms with Crippen molar-refractivity contribution in [2.75, 3.05) is 5.32 Å². The lowest BCUT2D eigenvalue weighted by molar-refractivity contribution is 0.571. The first-order valence-corrected chi connectivity index (χ1v) is 4.60. The third kappa shape index (κ3) is 2.26. The summed E-state index contributed by atoms with van der Waals surface area (Å²) in [6, 6.07) is 8.16. The molecule has 1 aromatic heterocycles. The molecule has 1 heterocycles. The Morgan fingerprint density at radius 2 is 2.36 bits per heavy atom. The summed E-state index contributed by atoms with van der Waals surface area (Å²) in [6.07, 6.45) is 3.13. The molecule has 0 aliphatic heterocycles. The molecule has 2 rings (SSSR count). The van der Waals surface area contributed by atoms with Gasteiger partial charge in [0.25, 0.3) is 6.01 Å². The van der Waals surface area contributed by atoms with Crippen LogP contribution in [0.4, 0.5) is 6.01 Å². The van der Waals surface area contributed by atoms with Crippen molar-refractivity contribution < 1.29 is 4.42 Å². The molecule has 0 radical (unpaired) electrons. The quantitative estimate of drug-likeness (QED) is 0.843. The summed E-state index contributed by atoms with van der Waals surface area (Å²) < 4.78 is 5.03. The predicted octanol–water partition coefficient (Wildman–Crippen LogP) is 2.94. The number of oxazole rings is 1. The van der Waals surface area contributed by atoms with E-state index in [9.17, 15) is 0 Å². The minimum absolute atomic E-state index is 0.518. The van der Waals surface area contributed by atoms with E-state index in [-0.39, 0.29) is 0 Å². The number of halogens is 1. The average molecular weight is 209 g/mol. The smallest absolute Gasteiger partial charge is 0.294 e. The molecule has 1 aromatic carbocycles. The largest absolute Gasteiger partial charge is 0.432 e. The zero-order valence-corrected chi connectivity index (χ0v) is 8.16. The molecule has 0 saturated heterocycles. The standard InChI is InChI=1S/C10H9ClN2O/c11-9-3-1-2-8(6-9)7-13-10-12-4-5-14-10/h1-6H,7H2,(H,12,13). The van der Waals surface area contributed by atoms with E-state index in [1.54, 1.807) is 6.20 Å². The molecule has 14 heavy (non-hydrogen) atoms. The molecule has 0 aliphatic rings. The van der Waals surface area contributed by atoms with Gasteiger partial charge in [-0.25, -0.2) is 4.98 Å². The van der Waals surface area contributed by atoms with Crippen LogP contribution in [0.15, 0.2) is 41.1 Å². The summed E-state index contributed by atoms with van der Waals surface area (Å²) in [7, 11) is 0. The van der Waals surface area contributed by atoms with E-state index in [0.29, 0.717) is 12.6 Å². The maximum atomic E-state index is 5.84. The second-order valence-electron chi connectivity index (χ2n) is 2.82. The fourth-order valence-electron chi connectivity index (χ4n) is 1.14. The van der Waals surface area contributed by atoms with Crippen molar-refractivity contribution >= 4 is 17.6 Å². The second-order valence-corrected chi connectivity index (χ2v) is 3.26. The minimum Gasteiger partial charge on any atom is -0.432 e. The summed E-state index contributed by atoms with van der Waals surface area (Å²) in [4.78, 5) is 3.94. The molecule has 0 saturated carbocycles. The zero-order valence-electron chi connectivity index (χ0n) is 7.40. The van der Waals surface area contributed by atoms with Crippen LogP contribution in [0, 0.1) is 0 Å². The van der Waals surface area contributed by atoms with E-state index in [1.807, 2.05) is 24.3 Å². The molecule has 72 valence electrons. The lowest BCUT2D eigenvalue weighted by Crippen LogP contribution is -1.98. The van der Waals surface area contributed by atoms with Crippen LogP contribution >= 0.6 is 11.6 Å². The number of rotatable bonds is 3. The minimum atomic E-state index is 0.518. The first-order chi connectivity index (χ1) is 6.84.